The first-order chi connectivity index (χ1) is 13.1. The second-order valence-corrected chi connectivity index (χ2v) is 6.05. The predicted octanol–water partition coefficient (Wildman–Crippen LogP) is 2.71. The van der Waals surface area contributed by atoms with Gasteiger partial charge >= 0.3 is 5.76 Å². The molecule has 1 aromatic heterocycles. The zero-order valence-corrected chi connectivity index (χ0v) is 15.4. The zero-order chi connectivity index (χ0) is 19.2. The molecular formula is C20H22N2O5. The molecule has 0 atom stereocenters. The number of carbonyl (C=O) groups excluding carboxylic acids is 1. The third kappa shape index (κ3) is 4.31. The molecule has 0 saturated carbocycles. The second-order valence-electron chi connectivity index (χ2n) is 6.05. The Morgan fingerprint density at radius 1 is 1.15 bits per heavy atom. The molecule has 3 aromatic rings. The van der Waals surface area contributed by atoms with Crippen LogP contribution in [0.2, 0.25) is 0 Å². The largest absolute Gasteiger partial charge is 0.497 e. The molecule has 1 heterocycles. The van der Waals surface area contributed by atoms with E-state index in [4.69, 9.17) is 13.9 Å². The van der Waals surface area contributed by atoms with Crippen molar-refractivity contribution in [2.24, 2.45) is 0 Å². The van der Waals surface area contributed by atoms with Gasteiger partial charge in [-0.05, 0) is 36.8 Å². The molecule has 3 rings (SSSR count). The fraction of sp³-hybridized carbons (Fsp3) is 0.300. The molecule has 27 heavy (non-hydrogen) atoms. The number of nitrogens with one attached hydrogen (secondary N) is 1. The van der Waals surface area contributed by atoms with Gasteiger partial charge in [-0.3, -0.25) is 9.36 Å². The molecule has 0 unspecified atom stereocenters. The van der Waals surface area contributed by atoms with E-state index in [-0.39, 0.29) is 5.91 Å². The molecule has 0 aliphatic carbocycles. The summed E-state index contributed by atoms with van der Waals surface area (Å²) in [5.41, 5.74) is 2.13. The Morgan fingerprint density at radius 2 is 1.96 bits per heavy atom. The number of oxazole rings is 1. The Kier molecular flexibility index (Phi) is 5.80. The van der Waals surface area contributed by atoms with Crippen molar-refractivity contribution >= 4 is 17.0 Å². The van der Waals surface area contributed by atoms with Gasteiger partial charge in [-0.1, -0.05) is 12.1 Å². The lowest BCUT2D eigenvalue weighted by Crippen LogP contribution is -2.23. The summed E-state index contributed by atoms with van der Waals surface area (Å²) in [5, 5.41) is 2.87. The number of para-hydroxylation sites is 2. The number of hydrogen-bond donors (Lipinski definition) is 1. The Hall–Kier alpha value is -3.22. The van der Waals surface area contributed by atoms with E-state index in [1.165, 1.54) is 0 Å². The number of benzene rings is 2. The molecule has 0 radical (unpaired) electrons. The van der Waals surface area contributed by atoms with Crippen LogP contribution in [0.3, 0.4) is 0 Å². The topological polar surface area (TPSA) is 82.7 Å². The van der Waals surface area contributed by atoms with Crippen molar-refractivity contribution in [1.29, 1.82) is 0 Å². The van der Waals surface area contributed by atoms with Crippen LogP contribution in [0.15, 0.2) is 51.7 Å². The molecule has 0 aliphatic heterocycles. The van der Waals surface area contributed by atoms with Gasteiger partial charge < -0.3 is 19.2 Å². The SMILES string of the molecule is COc1ccc(OC)c(CNC(=O)CCCn2c(=O)oc3ccccc32)c1. The number of nitrogens with zero attached hydrogens (tertiary/aromatic N) is 1. The number of fused-ring (bicyclic) bond motifs is 1. The molecule has 0 saturated heterocycles. The smallest absolute Gasteiger partial charge is 0.419 e. The predicted molar refractivity (Wildman–Crippen MR) is 101 cm³/mol. The van der Waals surface area contributed by atoms with Gasteiger partial charge in [0, 0.05) is 25.1 Å². The minimum atomic E-state index is -0.405. The highest BCUT2D eigenvalue weighted by Gasteiger charge is 2.10. The number of rotatable bonds is 8. The van der Waals surface area contributed by atoms with Crippen LogP contribution in [-0.2, 0) is 17.9 Å². The summed E-state index contributed by atoms with van der Waals surface area (Å²) in [4.78, 5) is 24.1. The van der Waals surface area contributed by atoms with Crippen LogP contribution in [0.4, 0.5) is 0 Å². The first-order valence-corrected chi connectivity index (χ1v) is 8.68. The van der Waals surface area contributed by atoms with E-state index in [0.717, 1.165) is 11.1 Å². The quantitative estimate of drug-likeness (QED) is 0.659. The van der Waals surface area contributed by atoms with E-state index in [9.17, 15) is 9.59 Å². The van der Waals surface area contributed by atoms with E-state index < -0.39 is 5.76 Å². The van der Waals surface area contributed by atoms with Crippen LogP contribution in [0.25, 0.3) is 11.1 Å². The molecule has 1 N–H and O–H groups in total. The van der Waals surface area contributed by atoms with Gasteiger partial charge in [-0.2, -0.15) is 0 Å². The summed E-state index contributed by atoms with van der Waals surface area (Å²) in [6, 6.07) is 12.7. The summed E-state index contributed by atoms with van der Waals surface area (Å²) in [5.74, 6) is 0.886. The maximum atomic E-state index is 12.2. The van der Waals surface area contributed by atoms with Crippen LogP contribution in [0, 0.1) is 0 Å². The van der Waals surface area contributed by atoms with Crippen molar-refractivity contribution in [3.63, 3.8) is 0 Å². The molecule has 0 aliphatic rings. The van der Waals surface area contributed by atoms with Crippen LogP contribution in [-0.4, -0.2) is 24.7 Å². The van der Waals surface area contributed by atoms with Gasteiger partial charge in [0.15, 0.2) is 5.58 Å². The van der Waals surface area contributed by atoms with Crippen LogP contribution < -0.4 is 20.5 Å². The van der Waals surface area contributed by atoms with Crippen molar-refractivity contribution in [1.82, 2.24) is 9.88 Å². The van der Waals surface area contributed by atoms with Crippen molar-refractivity contribution < 1.29 is 18.7 Å². The average Bonchev–Trinajstić information content (AvgIpc) is 3.01. The van der Waals surface area contributed by atoms with Gasteiger partial charge in [0.2, 0.25) is 5.91 Å². The van der Waals surface area contributed by atoms with Crippen molar-refractivity contribution in [3.05, 3.63) is 58.6 Å². The van der Waals surface area contributed by atoms with E-state index in [1.807, 2.05) is 24.3 Å². The minimum Gasteiger partial charge on any atom is -0.497 e. The summed E-state index contributed by atoms with van der Waals surface area (Å²) < 4.78 is 17.2. The van der Waals surface area contributed by atoms with E-state index in [1.54, 1.807) is 37.0 Å². The number of aryl methyl sites for hydroxylation is 1. The Balaban J connectivity index is 1.54. The normalized spacial score (nSPS) is 10.7. The van der Waals surface area contributed by atoms with Crippen LogP contribution in [0.5, 0.6) is 11.5 Å². The highest BCUT2D eigenvalue weighted by molar-refractivity contribution is 5.76. The Bertz CT molecular complexity index is 989. The van der Waals surface area contributed by atoms with Gasteiger partial charge in [0.1, 0.15) is 11.5 Å². The van der Waals surface area contributed by atoms with Crippen LogP contribution >= 0.6 is 0 Å². The van der Waals surface area contributed by atoms with Gasteiger partial charge in [0.25, 0.3) is 0 Å². The summed E-state index contributed by atoms with van der Waals surface area (Å²) in [6.07, 6.45) is 0.836. The number of methoxy groups -OCH3 is 2. The molecule has 1 amide bonds. The number of amides is 1. The molecule has 142 valence electrons. The molecule has 7 nitrogen and oxygen atoms in total. The standard InChI is InChI=1S/C20H22N2O5/c1-25-15-9-10-17(26-2)14(12-15)13-21-19(23)8-5-11-22-16-6-3-4-7-18(16)27-20(22)24/h3-4,6-7,9-10,12H,5,8,11,13H2,1-2H3,(H,21,23). The number of aromatic nitrogens is 1. The second kappa shape index (κ2) is 8.44. The lowest BCUT2D eigenvalue weighted by Gasteiger charge is -2.11. The number of carbonyl (C=O) groups is 1. The van der Waals surface area contributed by atoms with E-state index in [2.05, 4.69) is 5.32 Å². The maximum absolute atomic E-state index is 12.2. The highest BCUT2D eigenvalue weighted by atomic mass is 16.5. The Morgan fingerprint density at radius 3 is 2.74 bits per heavy atom. The number of hydrogen-bond acceptors (Lipinski definition) is 5. The summed E-state index contributed by atoms with van der Waals surface area (Å²) in [6.45, 7) is 0.763. The third-order valence-corrected chi connectivity index (χ3v) is 4.32. The lowest BCUT2D eigenvalue weighted by molar-refractivity contribution is -0.121. The summed E-state index contributed by atoms with van der Waals surface area (Å²) in [7, 11) is 3.17. The monoisotopic (exact) mass is 370 g/mol. The lowest BCUT2D eigenvalue weighted by atomic mass is 10.2. The average molecular weight is 370 g/mol. The van der Waals surface area contributed by atoms with E-state index >= 15 is 0 Å². The van der Waals surface area contributed by atoms with Crippen molar-refractivity contribution in [2.45, 2.75) is 25.9 Å². The van der Waals surface area contributed by atoms with Crippen LogP contribution in [0.1, 0.15) is 18.4 Å². The third-order valence-electron chi connectivity index (χ3n) is 4.32. The fourth-order valence-corrected chi connectivity index (χ4v) is 2.93. The Labute approximate surface area is 156 Å². The summed E-state index contributed by atoms with van der Waals surface area (Å²) >= 11 is 0. The maximum Gasteiger partial charge on any atom is 0.419 e. The minimum absolute atomic E-state index is 0.0966. The first kappa shape index (κ1) is 18.6. The molecular weight excluding hydrogens is 348 g/mol. The van der Waals surface area contributed by atoms with Crippen molar-refractivity contribution in [3.8, 4) is 11.5 Å². The molecule has 7 heteroatoms. The molecule has 0 spiro atoms. The highest BCUT2D eigenvalue weighted by Crippen LogP contribution is 2.23. The molecule has 0 bridgehead atoms. The zero-order valence-electron chi connectivity index (χ0n) is 15.4. The fourth-order valence-electron chi connectivity index (χ4n) is 2.93. The molecule has 2 aromatic carbocycles. The van der Waals surface area contributed by atoms with Gasteiger partial charge in [0.05, 0.1) is 19.7 Å². The van der Waals surface area contributed by atoms with Crippen molar-refractivity contribution in [2.75, 3.05) is 14.2 Å². The van der Waals surface area contributed by atoms with E-state index in [0.29, 0.717) is 43.0 Å². The van der Waals surface area contributed by atoms with Gasteiger partial charge in [-0.25, -0.2) is 4.79 Å². The molecule has 0 fully saturated rings. The van der Waals surface area contributed by atoms with Gasteiger partial charge in [-0.15, -0.1) is 0 Å². The number of ether oxygens (including phenoxy) is 2. The first-order valence-electron chi connectivity index (χ1n) is 8.68.